The van der Waals surface area contributed by atoms with Crippen molar-refractivity contribution in [3.05, 3.63) is 29.8 Å². The molecule has 1 aromatic rings. The molecule has 1 fully saturated rings. The van der Waals surface area contributed by atoms with Crippen LogP contribution in [0.3, 0.4) is 0 Å². The predicted octanol–water partition coefficient (Wildman–Crippen LogP) is 1.68. The van der Waals surface area contributed by atoms with Crippen molar-refractivity contribution in [2.45, 2.75) is 26.7 Å². The number of carbonyl (C=O) groups is 2. The highest BCUT2D eigenvalue weighted by molar-refractivity contribution is 7.88. The van der Waals surface area contributed by atoms with E-state index in [0.29, 0.717) is 43.1 Å². The summed E-state index contributed by atoms with van der Waals surface area (Å²) in [4.78, 5) is 25.0. The standard InChI is InChI=1S/C18H27N3O4S/c1-13(2)11-19-18(23)15-8-4-5-9-16(15)20-17(22)14-7-6-10-21(12-14)26(3,24)25/h4-5,8-9,13-14H,6-7,10-12H2,1-3H3,(H,19,23)(H,20,22). The van der Waals surface area contributed by atoms with E-state index in [9.17, 15) is 18.0 Å². The summed E-state index contributed by atoms with van der Waals surface area (Å²) < 4.78 is 24.8. The van der Waals surface area contributed by atoms with Crippen LogP contribution in [0.4, 0.5) is 5.69 Å². The molecule has 1 unspecified atom stereocenters. The van der Waals surface area contributed by atoms with Crippen LogP contribution in [0.25, 0.3) is 0 Å². The highest BCUT2D eigenvalue weighted by atomic mass is 32.2. The van der Waals surface area contributed by atoms with Gasteiger partial charge in [0.1, 0.15) is 0 Å². The van der Waals surface area contributed by atoms with Crippen molar-refractivity contribution in [3.63, 3.8) is 0 Å². The van der Waals surface area contributed by atoms with Gasteiger partial charge < -0.3 is 10.6 Å². The Morgan fingerprint density at radius 1 is 1.27 bits per heavy atom. The molecule has 2 amide bonds. The third-order valence-corrected chi connectivity index (χ3v) is 5.59. The third kappa shape index (κ3) is 5.54. The SMILES string of the molecule is CC(C)CNC(=O)c1ccccc1NC(=O)C1CCCN(S(C)(=O)=O)C1. The maximum Gasteiger partial charge on any atom is 0.253 e. The Hall–Kier alpha value is -1.93. The molecule has 1 heterocycles. The molecule has 0 aliphatic carbocycles. The minimum absolute atomic E-state index is 0.173. The monoisotopic (exact) mass is 381 g/mol. The second kappa shape index (κ2) is 8.64. The summed E-state index contributed by atoms with van der Waals surface area (Å²) >= 11 is 0. The van der Waals surface area contributed by atoms with Crippen LogP contribution in [-0.2, 0) is 14.8 Å². The van der Waals surface area contributed by atoms with Gasteiger partial charge in [-0.2, -0.15) is 0 Å². The minimum atomic E-state index is -3.31. The van der Waals surface area contributed by atoms with Gasteiger partial charge in [0.2, 0.25) is 15.9 Å². The Balaban J connectivity index is 2.08. The van der Waals surface area contributed by atoms with E-state index in [1.807, 2.05) is 13.8 Å². The molecule has 0 bridgehead atoms. The summed E-state index contributed by atoms with van der Waals surface area (Å²) in [6.07, 6.45) is 2.42. The lowest BCUT2D eigenvalue weighted by Gasteiger charge is -2.30. The molecule has 26 heavy (non-hydrogen) atoms. The Morgan fingerprint density at radius 3 is 2.62 bits per heavy atom. The number of nitrogens with zero attached hydrogens (tertiary/aromatic N) is 1. The van der Waals surface area contributed by atoms with Gasteiger partial charge in [-0.05, 0) is 30.9 Å². The van der Waals surface area contributed by atoms with Crippen molar-refractivity contribution in [2.75, 3.05) is 31.2 Å². The molecule has 0 radical (unpaired) electrons. The van der Waals surface area contributed by atoms with Crippen molar-refractivity contribution < 1.29 is 18.0 Å². The molecule has 1 saturated heterocycles. The van der Waals surface area contributed by atoms with Gasteiger partial charge in [0.25, 0.3) is 5.91 Å². The zero-order valence-corrected chi connectivity index (χ0v) is 16.3. The first-order valence-electron chi connectivity index (χ1n) is 8.81. The molecule has 0 saturated carbocycles. The summed E-state index contributed by atoms with van der Waals surface area (Å²) in [5.74, 6) is -0.603. The van der Waals surface area contributed by atoms with E-state index in [2.05, 4.69) is 10.6 Å². The van der Waals surface area contributed by atoms with Crippen molar-refractivity contribution in [1.29, 1.82) is 0 Å². The number of rotatable bonds is 6. The average Bonchev–Trinajstić information content (AvgIpc) is 2.59. The van der Waals surface area contributed by atoms with Crippen molar-refractivity contribution in [3.8, 4) is 0 Å². The quantitative estimate of drug-likeness (QED) is 0.784. The van der Waals surface area contributed by atoms with Crippen LogP contribution < -0.4 is 10.6 Å². The first-order valence-corrected chi connectivity index (χ1v) is 10.7. The van der Waals surface area contributed by atoms with E-state index < -0.39 is 15.9 Å². The first-order chi connectivity index (χ1) is 12.2. The molecule has 144 valence electrons. The Labute approximate surface area is 155 Å². The number of hydrogen-bond acceptors (Lipinski definition) is 4. The van der Waals surface area contributed by atoms with E-state index >= 15 is 0 Å². The third-order valence-electron chi connectivity index (χ3n) is 4.32. The van der Waals surface area contributed by atoms with Crippen LogP contribution in [0.5, 0.6) is 0 Å². The molecule has 1 aromatic carbocycles. The van der Waals surface area contributed by atoms with E-state index in [1.165, 1.54) is 4.31 Å². The van der Waals surface area contributed by atoms with Crippen LogP contribution in [0.1, 0.15) is 37.0 Å². The molecular weight excluding hydrogens is 354 g/mol. The molecule has 1 atom stereocenters. The number of carbonyl (C=O) groups excluding carboxylic acids is 2. The Morgan fingerprint density at radius 2 is 1.96 bits per heavy atom. The Bertz CT molecular complexity index is 761. The van der Waals surface area contributed by atoms with Crippen molar-refractivity contribution in [2.24, 2.45) is 11.8 Å². The minimum Gasteiger partial charge on any atom is -0.352 e. The fourth-order valence-electron chi connectivity index (χ4n) is 2.87. The maximum absolute atomic E-state index is 12.6. The molecular formula is C18H27N3O4S. The Kier molecular flexibility index (Phi) is 6.77. The van der Waals surface area contributed by atoms with Gasteiger partial charge in [-0.3, -0.25) is 9.59 Å². The van der Waals surface area contributed by atoms with E-state index in [4.69, 9.17) is 0 Å². The fraction of sp³-hybridized carbons (Fsp3) is 0.556. The van der Waals surface area contributed by atoms with E-state index in [1.54, 1.807) is 24.3 Å². The molecule has 2 N–H and O–H groups in total. The number of piperidine rings is 1. The van der Waals surface area contributed by atoms with Gasteiger partial charge in [-0.15, -0.1) is 0 Å². The summed E-state index contributed by atoms with van der Waals surface area (Å²) in [7, 11) is -3.31. The van der Waals surface area contributed by atoms with E-state index in [-0.39, 0.29) is 18.4 Å². The number of nitrogens with one attached hydrogen (secondary N) is 2. The number of hydrogen-bond donors (Lipinski definition) is 2. The van der Waals surface area contributed by atoms with Gasteiger partial charge in [0.15, 0.2) is 0 Å². The molecule has 2 rings (SSSR count). The van der Waals surface area contributed by atoms with Crippen molar-refractivity contribution in [1.82, 2.24) is 9.62 Å². The first kappa shape index (κ1) is 20.4. The summed E-state index contributed by atoms with van der Waals surface area (Å²) in [6, 6.07) is 6.83. The maximum atomic E-state index is 12.6. The van der Waals surface area contributed by atoms with Crippen LogP contribution in [0, 0.1) is 11.8 Å². The molecule has 1 aliphatic heterocycles. The lowest BCUT2D eigenvalue weighted by Crippen LogP contribution is -2.43. The second-order valence-corrected chi connectivity index (χ2v) is 9.08. The molecule has 0 aromatic heterocycles. The number of amides is 2. The molecule has 7 nitrogen and oxygen atoms in total. The van der Waals surface area contributed by atoms with Crippen LogP contribution in [0.2, 0.25) is 0 Å². The summed E-state index contributed by atoms with van der Waals surface area (Å²) in [5, 5.41) is 5.64. The normalized spacial score (nSPS) is 18.5. The fourth-order valence-corrected chi connectivity index (χ4v) is 3.79. The van der Waals surface area contributed by atoms with E-state index in [0.717, 1.165) is 6.26 Å². The van der Waals surface area contributed by atoms with Gasteiger partial charge in [-0.1, -0.05) is 26.0 Å². The topological polar surface area (TPSA) is 95.6 Å². The highest BCUT2D eigenvalue weighted by Crippen LogP contribution is 2.22. The summed E-state index contributed by atoms with van der Waals surface area (Å²) in [5.41, 5.74) is 0.840. The van der Waals surface area contributed by atoms with Gasteiger partial charge in [0.05, 0.1) is 23.4 Å². The zero-order valence-electron chi connectivity index (χ0n) is 15.5. The van der Waals surface area contributed by atoms with Crippen molar-refractivity contribution >= 4 is 27.5 Å². The molecule has 1 aliphatic rings. The van der Waals surface area contributed by atoms with Crippen LogP contribution in [0.15, 0.2) is 24.3 Å². The average molecular weight is 381 g/mol. The zero-order chi connectivity index (χ0) is 19.3. The molecule has 0 spiro atoms. The van der Waals surface area contributed by atoms with Gasteiger partial charge in [0, 0.05) is 19.6 Å². The smallest absolute Gasteiger partial charge is 0.253 e. The number of sulfonamides is 1. The number of benzene rings is 1. The van der Waals surface area contributed by atoms with Gasteiger partial charge >= 0.3 is 0 Å². The predicted molar refractivity (Wildman–Crippen MR) is 101 cm³/mol. The lowest BCUT2D eigenvalue weighted by atomic mass is 9.98. The van der Waals surface area contributed by atoms with Crippen LogP contribution in [-0.4, -0.2) is 50.4 Å². The lowest BCUT2D eigenvalue weighted by molar-refractivity contribution is -0.120. The second-order valence-electron chi connectivity index (χ2n) is 7.10. The highest BCUT2D eigenvalue weighted by Gasteiger charge is 2.30. The van der Waals surface area contributed by atoms with Gasteiger partial charge in [-0.25, -0.2) is 12.7 Å². The largest absolute Gasteiger partial charge is 0.352 e. The summed E-state index contributed by atoms with van der Waals surface area (Å²) in [6.45, 7) is 5.17. The molecule has 8 heteroatoms. The number of para-hydroxylation sites is 1. The van der Waals surface area contributed by atoms with Crippen LogP contribution >= 0.6 is 0 Å². The number of anilines is 1.